The van der Waals surface area contributed by atoms with Crippen molar-refractivity contribution in [1.82, 2.24) is 9.47 Å². The van der Waals surface area contributed by atoms with Gasteiger partial charge < -0.3 is 9.47 Å². The highest BCUT2D eigenvalue weighted by Gasteiger charge is 2.25. The van der Waals surface area contributed by atoms with Crippen molar-refractivity contribution < 1.29 is 9.59 Å². The van der Waals surface area contributed by atoms with Crippen LogP contribution in [0, 0.1) is 0 Å². The third-order valence-corrected chi connectivity index (χ3v) is 5.22. The number of para-hydroxylation sites is 1. The van der Waals surface area contributed by atoms with E-state index in [1.807, 2.05) is 48.7 Å². The van der Waals surface area contributed by atoms with E-state index in [1.54, 1.807) is 18.3 Å². The molecule has 4 nitrogen and oxygen atoms in total. The molecular weight excluding hydrogens is 383 g/mol. The first-order chi connectivity index (χ1) is 13.0. The maximum absolute atomic E-state index is 12.8. The number of hydrogen-bond acceptors (Lipinski definition) is 2. The first kappa shape index (κ1) is 19.5. The number of fused-ring (bicyclic) bond motifs is 1. The van der Waals surface area contributed by atoms with Crippen molar-refractivity contribution in [2.45, 2.75) is 20.4 Å². The highest BCUT2D eigenvalue weighted by Crippen LogP contribution is 2.26. The summed E-state index contributed by atoms with van der Waals surface area (Å²) < 4.78 is 1.94. The van der Waals surface area contributed by atoms with Gasteiger partial charge in [0.2, 0.25) is 0 Å². The van der Waals surface area contributed by atoms with Gasteiger partial charge in [0.25, 0.3) is 11.7 Å². The van der Waals surface area contributed by atoms with Gasteiger partial charge in [-0.15, -0.1) is 0 Å². The van der Waals surface area contributed by atoms with Gasteiger partial charge >= 0.3 is 0 Å². The molecule has 3 rings (SSSR count). The summed E-state index contributed by atoms with van der Waals surface area (Å²) in [5, 5.41) is 1.89. The van der Waals surface area contributed by atoms with Gasteiger partial charge in [0.1, 0.15) is 0 Å². The van der Waals surface area contributed by atoms with Crippen LogP contribution in [0.3, 0.4) is 0 Å². The Morgan fingerprint density at radius 2 is 1.74 bits per heavy atom. The summed E-state index contributed by atoms with van der Waals surface area (Å²) in [6, 6.07) is 12.9. The standard InChI is InChI=1S/C21H20Cl2N2O2/c1-3-24(4-2)21(27)20(26)17-13-25(19-8-6-5-7-16(17)19)12-14-9-10-15(22)11-18(14)23/h5-11,13H,3-4,12H2,1-2H3. The third-order valence-electron chi connectivity index (χ3n) is 4.63. The summed E-state index contributed by atoms with van der Waals surface area (Å²) in [6.07, 6.45) is 1.74. The molecule has 0 bridgehead atoms. The van der Waals surface area contributed by atoms with Gasteiger partial charge in [-0.2, -0.15) is 0 Å². The minimum atomic E-state index is -0.490. The highest BCUT2D eigenvalue weighted by molar-refractivity contribution is 6.44. The Morgan fingerprint density at radius 3 is 2.41 bits per heavy atom. The molecule has 1 heterocycles. The number of benzene rings is 2. The SMILES string of the molecule is CCN(CC)C(=O)C(=O)c1cn(Cc2ccc(Cl)cc2Cl)c2ccccc12. The normalized spacial score (nSPS) is 11.0. The third kappa shape index (κ3) is 3.87. The molecule has 1 amide bonds. The van der Waals surface area contributed by atoms with E-state index in [2.05, 4.69) is 0 Å². The molecule has 1 aromatic heterocycles. The summed E-state index contributed by atoms with van der Waals surface area (Å²) in [5.74, 6) is -0.969. The van der Waals surface area contributed by atoms with Gasteiger partial charge in [-0.1, -0.05) is 47.5 Å². The van der Waals surface area contributed by atoms with Crippen LogP contribution in [0.5, 0.6) is 0 Å². The van der Waals surface area contributed by atoms with Crippen molar-refractivity contribution in [2.75, 3.05) is 13.1 Å². The van der Waals surface area contributed by atoms with E-state index in [4.69, 9.17) is 23.2 Å². The number of hydrogen-bond donors (Lipinski definition) is 0. The van der Waals surface area contributed by atoms with Gasteiger partial charge in [-0.25, -0.2) is 0 Å². The molecular formula is C21H20Cl2N2O2. The maximum Gasteiger partial charge on any atom is 0.295 e. The average molecular weight is 403 g/mol. The topological polar surface area (TPSA) is 42.3 Å². The van der Waals surface area contributed by atoms with E-state index in [1.165, 1.54) is 4.90 Å². The summed E-state index contributed by atoms with van der Waals surface area (Å²) in [7, 11) is 0. The molecule has 0 saturated heterocycles. The van der Waals surface area contributed by atoms with Crippen LogP contribution in [0.25, 0.3) is 10.9 Å². The minimum Gasteiger partial charge on any atom is -0.342 e. The van der Waals surface area contributed by atoms with Crippen LogP contribution < -0.4 is 0 Å². The number of rotatable bonds is 6. The number of likely N-dealkylation sites (N-methyl/N-ethyl adjacent to an activating group) is 1. The van der Waals surface area contributed by atoms with Crippen LogP contribution in [-0.4, -0.2) is 34.2 Å². The molecule has 0 aliphatic rings. The van der Waals surface area contributed by atoms with Gasteiger partial charge in [0, 0.05) is 46.8 Å². The van der Waals surface area contributed by atoms with E-state index < -0.39 is 11.7 Å². The number of aromatic nitrogens is 1. The average Bonchev–Trinajstić information content (AvgIpc) is 3.03. The Balaban J connectivity index is 2.03. The lowest BCUT2D eigenvalue weighted by Gasteiger charge is -2.17. The molecule has 0 radical (unpaired) electrons. The summed E-state index contributed by atoms with van der Waals surface area (Å²) >= 11 is 12.3. The second-order valence-corrected chi connectivity index (χ2v) is 7.07. The quantitative estimate of drug-likeness (QED) is 0.427. The van der Waals surface area contributed by atoms with Gasteiger partial charge in [-0.05, 0) is 37.6 Å². The van der Waals surface area contributed by atoms with Gasteiger partial charge in [-0.3, -0.25) is 9.59 Å². The van der Waals surface area contributed by atoms with Crippen molar-refractivity contribution in [3.8, 4) is 0 Å². The molecule has 0 aliphatic heterocycles. The second kappa shape index (κ2) is 8.15. The lowest BCUT2D eigenvalue weighted by molar-refractivity contribution is -0.126. The first-order valence-corrected chi connectivity index (χ1v) is 9.57. The smallest absolute Gasteiger partial charge is 0.295 e. The van der Waals surface area contributed by atoms with Crippen molar-refractivity contribution in [2.24, 2.45) is 0 Å². The zero-order valence-electron chi connectivity index (χ0n) is 15.2. The van der Waals surface area contributed by atoms with Crippen LogP contribution >= 0.6 is 23.2 Å². The summed E-state index contributed by atoms with van der Waals surface area (Å²) in [4.78, 5) is 26.9. The van der Waals surface area contributed by atoms with Crippen LogP contribution in [0.2, 0.25) is 10.0 Å². The molecule has 27 heavy (non-hydrogen) atoms. The second-order valence-electron chi connectivity index (χ2n) is 6.23. The fraction of sp³-hybridized carbons (Fsp3) is 0.238. The predicted molar refractivity (Wildman–Crippen MR) is 110 cm³/mol. The van der Waals surface area contributed by atoms with Crippen molar-refractivity contribution in [3.05, 3.63) is 69.8 Å². The number of carbonyl (C=O) groups is 2. The van der Waals surface area contributed by atoms with Crippen LogP contribution in [0.15, 0.2) is 48.7 Å². The lowest BCUT2D eigenvalue weighted by Crippen LogP contribution is -2.36. The molecule has 0 aliphatic carbocycles. The van der Waals surface area contributed by atoms with Crippen molar-refractivity contribution in [1.29, 1.82) is 0 Å². The number of amides is 1. The van der Waals surface area contributed by atoms with Crippen molar-refractivity contribution in [3.63, 3.8) is 0 Å². The van der Waals surface area contributed by atoms with Crippen LogP contribution in [-0.2, 0) is 11.3 Å². The minimum absolute atomic E-state index is 0.410. The van der Waals surface area contributed by atoms with Gasteiger partial charge in [0.05, 0.1) is 5.56 Å². The molecule has 0 saturated carbocycles. The van der Waals surface area contributed by atoms with Gasteiger partial charge in [0.15, 0.2) is 0 Å². The largest absolute Gasteiger partial charge is 0.342 e. The fourth-order valence-corrected chi connectivity index (χ4v) is 3.63. The van der Waals surface area contributed by atoms with Crippen LogP contribution in [0.1, 0.15) is 29.8 Å². The molecule has 2 aromatic carbocycles. The highest BCUT2D eigenvalue weighted by atomic mass is 35.5. The number of Topliss-reactive ketones (excluding diaryl/α,β-unsaturated/α-hetero) is 1. The Kier molecular flexibility index (Phi) is 5.88. The zero-order valence-corrected chi connectivity index (χ0v) is 16.7. The fourth-order valence-electron chi connectivity index (χ4n) is 3.16. The number of nitrogens with zero attached hydrogens (tertiary/aromatic N) is 2. The molecule has 0 fully saturated rings. The van der Waals surface area contributed by atoms with E-state index in [9.17, 15) is 9.59 Å². The lowest BCUT2D eigenvalue weighted by atomic mass is 10.1. The van der Waals surface area contributed by atoms with E-state index in [0.29, 0.717) is 35.2 Å². The molecule has 0 atom stereocenters. The van der Waals surface area contributed by atoms with E-state index >= 15 is 0 Å². The van der Waals surface area contributed by atoms with E-state index in [-0.39, 0.29) is 0 Å². The van der Waals surface area contributed by atoms with Crippen LogP contribution in [0.4, 0.5) is 0 Å². The molecule has 0 unspecified atom stereocenters. The Hall–Kier alpha value is -2.30. The predicted octanol–water partition coefficient (Wildman–Crippen LogP) is 5.05. The van der Waals surface area contributed by atoms with Crippen molar-refractivity contribution >= 4 is 45.8 Å². The number of halogens is 2. The number of carbonyl (C=O) groups excluding carboxylic acids is 2. The Bertz CT molecular complexity index is 1010. The summed E-state index contributed by atoms with van der Waals surface area (Å²) in [6.45, 7) is 5.20. The van der Waals surface area contributed by atoms with E-state index in [0.717, 1.165) is 16.5 Å². The maximum atomic E-state index is 12.8. The first-order valence-electron chi connectivity index (χ1n) is 8.81. The zero-order chi connectivity index (χ0) is 19.6. The molecule has 6 heteroatoms. The Morgan fingerprint density at radius 1 is 1.04 bits per heavy atom. The number of ketones is 1. The molecule has 0 spiro atoms. The monoisotopic (exact) mass is 402 g/mol. The summed E-state index contributed by atoms with van der Waals surface area (Å²) in [5.41, 5.74) is 2.17. The Labute approximate surface area is 168 Å². The molecule has 140 valence electrons. The molecule has 3 aromatic rings. The molecule has 0 N–H and O–H groups in total.